The van der Waals surface area contributed by atoms with Gasteiger partial charge < -0.3 is 9.80 Å². The Hall–Kier alpha value is -2.24. The van der Waals surface area contributed by atoms with E-state index in [1.165, 1.54) is 0 Å². The Labute approximate surface area is 131 Å². The van der Waals surface area contributed by atoms with E-state index in [4.69, 9.17) is 0 Å². The molecule has 0 atom stereocenters. The van der Waals surface area contributed by atoms with Crippen LogP contribution in [0.25, 0.3) is 0 Å². The summed E-state index contributed by atoms with van der Waals surface area (Å²) in [5.74, 6) is 2.26. The second kappa shape index (κ2) is 6.68. The summed E-state index contributed by atoms with van der Waals surface area (Å²) < 4.78 is 0. The Morgan fingerprint density at radius 3 is 2.41 bits per heavy atom. The number of anilines is 2. The Morgan fingerprint density at radius 2 is 1.64 bits per heavy atom. The molecule has 6 heteroatoms. The molecule has 2 aromatic heterocycles. The second-order valence-corrected chi connectivity index (χ2v) is 5.83. The van der Waals surface area contributed by atoms with Gasteiger partial charge in [-0.2, -0.15) is 0 Å². The molecular weight excluding hydrogens is 276 g/mol. The van der Waals surface area contributed by atoms with Gasteiger partial charge in [0.1, 0.15) is 12.1 Å². The van der Waals surface area contributed by atoms with Crippen molar-refractivity contribution in [2.24, 2.45) is 0 Å². The highest BCUT2D eigenvalue weighted by Gasteiger charge is 2.18. The van der Waals surface area contributed by atoms with Gasteiger partial charge >= 0.3 is 0 Å². The van der Waals surface area contributed by atoms with Crippen molar-refractivity contribution in [3.63, 3.8) is 0 Å². The summed E-state index contributed by atoms with van der Waals surface area (Å²) in [5, 5.41) is 0. The Kier molecular flexibility index (Phi) is 4.46. The van der Waals surface area contributed by atoms with Gasteiger partial charge in [-0.15, -0.1) is 0 Å². The second-order valence-electron chi connectivity index (χ2n) is 5.83. The summed E-state index contributed by atoms with van der Waals surface area (Å²) >= 11 is 0. The predicted octanol–water partition coefficient (Wildman–Crippen LogP) is 2.11. The van der Waals surface area contributed by atoms with Gasteiger partial charge in [-0.1, -0.05) is 13.8 Å². The topological polar surface area (TPSA) is 58.0 Å². The van der Waals surface area contributed by atoms with Gasteiger partial charge in [-0.3, -0.25) is 0 Å². The summed E-state index contributed by atoms with van der Waals surface area (Å²) in [7, 11) is 0. The van der Waals surface area contributed by atoms with Crippen LogP contribution in [0.3, 0.4) is 0 Å². The van der Waals surface area contributed by atoms with Crippen molar-refractivity contribution in [3.8, 4) is 0 Å². The highest BCUT2D eigenvalue weighted by Crippen LogP contribution is 2.19. The maximum absolute atomic E-state index is 4.45. The van der Waals surface area contributed by atoms with Crippen LogP contribution in [0, 0.1) is 0 Å². The molecule has 3 heterocycles. The molecule has 1 fully saturated rings. The molecule has 0 aliphatic carbocycles. The molecule has 0 aromatic carbocycles. The molecule has 0 amide bonds. The number of aromatic nitrogens is 4. The fourth-order valence-electron chi connectivity index (χ4n) is 2.65. The first-order valence-corrected chi connectivity index (χ1v) is 7.83. The van der Waals surface area contributed by atoms with E-state index in [2.05, 4.69) is 49.6 Å². The van der Waals surface area contributed by atoms with Crippen LogP contribution in [0.1, 0.15) is 31.9 Å². The van der Waals surface area contributed by atoms with Crippen LogP contribution in [0.4, 0.5) is 11.8 Å². The molecule has 0 spiro atoms. The third-order valence-corrected chi connectivity index (χ3v) is 3.92. The van der Waals surface area contributed by atoms with Crippen molar-refractivity contribution in [2.75, 3.05) is 36.0 Å². The summed E-state index contributed by atoms with van der Waals surface area (Å²) in [6.45, 7) is 8.12. The molecular formula is C16H22N6. The first-order valence-electron chi connectivity index (χ1n) is 7.83. The summed E-state index contributed by atoms with van der Waals surface area (Å²) in [6, 6.07) is 3.96. The quantitative estimate of drug-likeness (QED) is 0.865. The van der Waals surface area contributed by atoms with Crippen molar-refractivity contribution in [1.82, 2.24) is 19.9 Å². The molecule has 22 heavy (non-hydrogen) atoms. The van der Waals surface area contributed by atoms with Crippen LogP contribution in [-0.4, -0.2) is 46.1 Å². The first kappa shape index (κ1) is 14.7. The molecule has 1 saturated heterocycles. The lowest BCUT2D eigenvalue weighted by Crippen LogP contribution is -2.32. The minimum Gasteiger partial charge on any atom is -0.355 e. The SMILES string of the molecule is CC(C)c1cc(N2CCCN(c3ncccn3)CC2)ncn1. The van der Waals surface area contributed by atoms with Crippen LogP contribution in [0.15, 0.2) is 30.9 Å². The standard InChI is InChI=1S/C16H22N6/c1-13(2)14-11-15(20-12-19-14)21-7-4-8-22(10-9-21)16-17-5-3-6-18-16/h3,5-6,11-13H,4,7-10H2,1-2H3. The minimum atomic E-state index is 0.419. The van der Waals surface area contributed by atoms with Gasteiger partial charge in [0.25, 0.3) is 0 Å². The Bertz CT molecular complexity index is 601. The van der Waals surface area contributed by atoms with E-state index >= 15 is 0 Å². The monoisotopic (exact) mass is 298 g/mol. The molecule has 6 nitrogen and oxygen atoms in total. The van der Waals surface area contributed by atoms with E-state index in [9.17, 15) is 0 Å². The number of nitrogens with zero attached hydrogens (tertiary/aromatic N) is 6. The van der Waals surface area contributed by atoms with Crippen LogP contribution >= 0.6 is 0 Å². The zero-order chi connectivity index (χ0) is 15.4. The fourth-order valence-corrected chi connectivity index (χ4v) is 2.65. The first-order chi connectivity index (χ1) is 10.7. The van der Waals surface area contributed by atoms with E-state index in [-0.39, 0.29) is 0 Å². The van der Waals surface area contributed by atoms with Gasteiger partial charge in [0.2, 0.25) is 5.95 Å². The van der Waals surface area contributed by atoms with Gasteiger partial charge in [0.15, 0.2) is 0 Å². The normalized spacial score (nSPS) is 16.0. The molecule has 116 valence electrons. The largest absolute Gasteiger partial charge is 0.355 e. The Morgan fingerprint density at radius 1 is 0.909 bits per heavy atom. The smallest absolute Gasteiger partial charge is 0.225 e. The zero-order valence-electron chi connectivity index (χ0n) is 13.2. The van der Waals surface area contributed by atoms with Crippen molar-refractivity contribution >= 4 is 11.8 Å². The zero-order valence-corrected chi connectivity index (χ0v) is 13.2. The van der Waals surface area contributed by atoms with Crippen LogP contribution in [0.2, 0.25) is 0 Å². The van der Waals surface area contributed by atoms with Crippen molar-refractivity contribution in [3.05, 3.63) is 36.5 Å². The summed E-state index contributed by atoms with van der Waals surface area (Å²) in [4.78, 5) is 22.1. The van der Waals surface area contributed by atoms with E-state index in [0.29, 0.717) is 5.92 Å². The summed E-state index contributed by atoms with van der Waals surface area (Å²) in [5.41, 5.74) is 1.09. The summed E-state index contributed by atoms with van der Waals surface area (Å²) in [6.07, 6.45) is 6.33. The van der Waals surface area contributed by atoms with Gasteiger partial charge in [-0.05, 0) is 18.4 Å². The third kappa shape index (κ3) is 3.32. The lowest BCUT2D eigenvalue weighted by molar-refractivity contribution is 0.774. The molecule has 0 N–H and O–H groups in total. The van der Waals surface area contributed by atoms with E-state index in [0.717, 1.165) is 50.1 Å². The molecule has 0 unspecified atom stereocenters. The molecule has 0 radical (unpaired) electrons. The highest BCUT2D eigenvalue weighted by molar-refractivity contribution is 5.41. The van der Waals surface area contributed by atoms with Gasteiger partial charge in [0, 0.05) is 50.3 Å². The third-order valence-electron chi connectivity index (χ3n) is 3.92. The van der Waals surface area contributed by atoms with E-state index < -0.39 is 0 Å². The lowest BCUT2D eigenvalue weighted by Gasteiger charge is -2.23. The van der Waals surface area contributed by atoms with Crippen LogP contribution in [-0.2, 0) is 0 Å². The maximum atomic E-state index is 4.45. The van der Waals surface area contributed by atoms with Crippen molar-refractivity contribution in [1.29, 1.82) is 0 Å². The molecule has 0 bridgehead atoms. The molecule has 2 aromatic rings. The van der Waals surface area contributed by atoms with E-state index in [1.807, 2.05) is 6.07 Å². The van der Waals surface area contributed by atoms with Crippen LogP contribution in [0.5, 0.6) is 0 Å². The molecule has 1 aliphatic rings. The highest BCUT2D eigenvalue weighted by atomic mass is 15.3. The van der Waals surface area contributed by atoms with E-state index in [1.54, 1.807) is 18.7 Å². The average Bonchev–Trinajstić information content (AvgIpc) is 2.82. The fraction of sp³-hybridized carbons (Fsp3) is 0.500. The van der Waals surface area contributed by atoms with Gasteiger partial charge in [0.05, 0.1) is 0 Å². The average molecular weight is 298 g/mol. The van der Waals surface area contributed by atoms with Crippen molar-refractivity contribution in [2.45, 2.75) is 26.2 Å². The maximum Gasteiger partial charge on any atom is 0.225 e. The van der Waals surface area contributed by atoms with Gasteiger partial charge in [-0.25, -0.2) is 19.9 Å². The van der Waals surface area contributed by atoms with Crippen LogP contribution < -0.4 is 9.80 Å². The lowest BCUT2D eigenvalue weighted by atomic mass is 10.1. The minimum absolute atomic E-state index is 0.419. The number of rotatable bonds is 3. The molecule has 3 rings (SSSR count). The molecule has 1 aliphatic heterocycles. The number of hydrogen-bond acceptors (Lipinski definition) is 6. The predicted molar refractivity (Wildman–Crippen MR) is 87.2 cm³/mol. The number of hydrogen-bond donors (Lipinski definition) is 0. The molecule has 0 saturated carbocycles. The van der Waals surface area contributed by atoms with Crippen molar-refractivity contribution < 1.29 is 0 Å². The Balaban J connectivity index is 1.71.